The van der Waals surface area contributed by atoms with Crippen LogP contribution in [0.2, 0.25) is 0 Å². The summed E-state index contributed by atoms with van der Waals surface area (Å²) < 4.78 is 0. The molecular weight excluding hydrogens is 212 g/mol. The number of hydrogen-bond donors (Lipinski definition) is 1. The number of fused-ring (bicyclic) bond motifs is 1. The molecule has 17 heavy (non-hydrogen) atoms. The Bertz CT molecular complexity index is 414. The van der Waals surface area contributed by atoms with Crippen LogP contribution < -0.4 is 10.2 Å². The van der Waals surface area contributed by atoms with Crippen LogP contribution in [-0.2, 0) is 11.2 Å². The van der Waals surface area contributed by atoms with E-state index >= 15 is 0 Å². The number of para-hydroxylation sites is 1. The van der Waals surface area contributed by atoms with Crippen LogP contribution in [0.15, 0.2) is 24.3 Å². The van der Waals surface area contributed by atoms with Crippen molar-refractivity contribution in [2.45, 2.75) is 26.3 Å². The van der Waals surface area contributed by atoms with Gasteiger partial charge in [-0.3, -0.25) is 4.79 Å². The predicted octanol–water partition coefficient (Wildman–Crippen LogP) is 1.82. The van der Waals surface area contributed by atoms with Gasteiger partial charge in [-0.15, -0.1) is 0 Å². The highest BCUT2D eigenvalue weighted by atomic mass is 16.2. The van der Waals surface area contributed by atoms with E-state index in [1.165, 1.54) is 11.3 Å². The number of carbonyl (C=O) groups is 1. The Morgan fingerprint density at radius 1 is 1.35 bits per heavy atom. The molecule has 3 heteroatoms. The number of benzene rings is 1. The van der Waals surface area contributed by atoms with Gasteiger partial charge in [0.15, 0.2) is 0 Å². The van der Waals surface area contributed by atoms with E-state index in [9.17, 15) is 4.79 Å². The minimum atomic E-state index is -0.0866. The molecule has 1 amide bonds. The molecule has 0 aromatic heterocycles. The molecule has 2 rings (SSSR count). The van der Waals surface area contributed by atoms with Crippen molar-refractivity contribution in [2.24, 2.45) is 5.92 Å². The molecule has 0 saturated heterocycles. The molecule has 1 aromatic carbocycles. The van der Waals surface area contributed by atoms with Crippen molar-refractivity contribution < 1.29 is 4.79 Å². The van der Waals surface area contributed by atoms with Gasteiger partial charge in [0.05, 0.1) is 0 Å². The molecule has 1 aliphatic rings. The predicted molar refractivity (Wildman–Crippen MR) is 70.2 cm³/mol. The van der Waals surface area contributed by atoms with Crippen molar-refractivity contribution >= 4 is 11.6 Å². The third-order valence-electron chi connectivity index (χ3n) is 3.38. The van der Waals surface area contributed by atoms with Crippen molar-refractivity contribution in [1.82, 2.24) is 5.32 Å². The fourth-order valence-electron chi connectivity index (χ4n) is 2.57. The van der Waals surface area contributed by atoms with Gasteiger partial charge in [0.25, 0.3) is 0 Å². The van der Waals surface area contributed by atoms with Gasteiger partial charge < -0.3 is 10.2 Å². The van der Waals surface area contributed by atoms with Gasteiger partial charge in [-0.2, -0.15) is 0 Å². The zero-order chi connectivity index (χ0) is 12.4. The molecule has 0 spiro atoms. The lowest BCUT2D eigenvalue weighted by Crippen LogP contribution is -2.50. The number of nitrogens with zero attached hydrogens (tertiary/aromatic N) is 1. The molecule has 0 aliphatic carbocycles. The first-order valence-electron chi connectivity index (χ1n) is 6.19. The first-order chi connectivity index (χ1) is 8.11. The van der Waals surface area contributed by atoms with E-state index < -0.39 is 0 Å². The second-order valence-corrected chi connectivity index (χ2v) is 4.97. The van der Waals surface area contributed by atoms with Crippen LogP contribution in [0.3, 0.4) is 0 Å². The SMILES string of the molecule is CC(C)C1C(=O)NCCc2ccccc2N1C. The summed E-state index contributed by atoms with van der Waals surface area (Å²) in [6, 6.07) is 8.24. The van der Waals surface area contributed by atoms with Crippen molar-refractivity contribution in [3.8, 4) is 0 Å². The van der Waals surface area contributed by atoms with Crippen LogP contribution in [-0.4, -0.2) is 25.5 Å². The average molecular weight is 232 g/mol. The number of anilines is 1. The maximum atomic E-state index is 12.1. The number of rotatable bonds is 1. The van der Waals surface area contributed by atoms with E-state index in [0.29, 0.717) is 5.92 Å². The van der Waals surface area contributed by atoms with Crippen LogP contribution in [0.1, 0.15) is 19.4 Å². The maximum absolute atomic E-state index is 12.1. The van der Waals surface area contributed by atoms with E-state index in [4.69, 9.17) is 0 Å². The van der Waals surface area contributed by atoms with Crippen LogP contribution in [0.4, 0.5) is 5.69 Å². The molecule has 1 unspecified atom stereocenters. The van der Waals surface area contributed by atoms with Gasteiger partial charge >= 0.3 is 0 Å². The fraction of sp³-hybridized carbons (Fsp3) is 0.500. The quantitative estimate of drug-likeness (QED) is 0.801. The molecule has 0 saturated carbocycles. The van der Waals surface area contributed by atoms with E-state index in [0.717, 1.165) is 13.0 Å². The van der Waals surface area contributed by atoms with Gasteiger partial charge in [0.1, 0.15) is 6.04 Å². The lowest BCUT2D eigenvalue weighted by Gasteiger charge is -2.35. The topological polar surface area (TPSA) is 32.3 Å². The van der Waals surface area contributed by atoms with Crippen LogP contribution in [0.5, 0.6) is 0 Å². The molecule has 1 aliphatic heterocycles. The summed E-state index contributed by atoms with van der Waals surface area (Å²) in [6.45, 7) is 4.91. The number of carbonyl (C=O) groups excluding carboxylic acids is 1. The monoisotopic (exact) mass is 232 g/mol. The largest absolute Gasteiger partial charge is 0.362 e. The van der Waals surface area contributed by atoms with E-state index in [1.807, 2.05) is 13.1 Å². The Kier molecular flexibility index (Phi) is 3.36. The normalized spacial score (nSPS) is 20.6. The summed E-state index contributed by atoms with van der Waals surface area (Å²) in [6.07, 6.45) is 0.900. The lowest BCUT2D eigenvalue weighted by atomic mass is 9.98. The zero-order valence-electron chi connectivity index (χ0n) is 10.7. The van der Waals surface area contributed by atoms with Gasteiger partial charge in [0.2, 0.25) is 5.91 Å². The highest BCUT2D eigenvalue weighted by Gasteiger charge is 2.29. The molecule has 1 heterocycles. The van der Waals surface area contributed by atoms with Gasteiger partial charge in [0, 0.05) is 19.3 Å². The second-order valence-electron chi connectivity index (χ2n) is 4.97. The highest BCUT2D eigenvalue weighted by Crippen LogP contribution is 2.25. The van der Waals surface area contributed by atoms with Crippen LogP contribution >= 0.6 is 0 Å². The molecule has 0 bridgehead atoms. The molecular formula is C14H20N2O. The first-order valence-corrected chi connectivity index (χ1v) is 6.19. The second kappa shape index (κ2) is 4.78. The van der Waals surface area contributed by atoms with Crippen molar-refractivity contribution in [3.63, 3.8) is 0 Å². The molecule has 0 radical (unpaired) electrons. The number of amides is 1. The van der Waals surface area contributed by atoms with Crippen molar-refractivity contribution in [1.29, 1.82) is 0 Å². The Balaban J connectivity index is 2.42. The highest BCUT2D eigenvalue weighted by molar-refractivity contribution is 5.86. The summed E-state index contributed by atoms with van der Waals surface area (Å²) in [4.78, 5) is 14.2. The third-order valence-corrected chi connectivity index (χ3v) is 3.38. The molecule has 1 N–H and O–H groups in total. The first kappa shape index (κ1) is 12.0. The molecule has 92 valence electrons. The van der Waals surface area contributed by atoms with E-state index in [2.05, 4.69) is 42.3 Å². The Hall–Kier alpha value is -1.51. The average Bonchev–Trinajstić information content (AvgIpc) is 2.27. The van der Waals surface area contributed by atoms with Crippen LogP contribution in [0, 0.1) is 5.92 Å². The number of nitrogens with one attached hydrogen (secondary N) is 1. The standard InChI is InChI=1S/C14H20N2O/c1-10(2)13-14(17)15-9-8-11-6-4-5-7-12(11)16(13)3/h4-7,10,13H,8-9H2,1-3H3,(H,15,17). The number of hydrogen-bond acceptors (Lipinski definition) is 2. The molecule has 0 fully saturated rings. The maximum Gasteiger partial charge on any atom is 0.242 e. The van der Waals surface area contributed by atoms with Gasteiger partial charge in [-0.1, -0.05) is 32.0 Å². The van der Waals surface area contributed by atoms with Crippen molar-refractivity contribution in [3.05, 3.63) is 29.8 Å². The summed E-state index contributed by atoms with van der Waals surface area (Å²) >= 11 is 0. The van der Waals surface area contributed by atoms with Crippen LogP contribution in [0.25, 0.3) is 0 Å². The van der Waals surface area contributed by atoms with E-state index in [-0.39, 0.29) is 11.9 Å². The third kappa shape index (κ3) is 2.28. The lowest BCUT2D eigenvalue weighted by molar-refractivity contribution is -0.123. The molecule has 3 nitrogen and oxygen atoms in total. The molecule has 1 atom stereocenters. The van der Waals surface area contributed by atoms with Gasteiger partial charge in [-0.25, -0.2) is 0 Å². The summed E-state index contributed by atoms with van der Waals surface area (Å²) in [7, 11) is 2.01. The fourth-order valence-corrected chi connectivity index (χ4v) is 2.57. The minimum Gasteiger partial charge on any atom is -0.362 e. The summed E-state index contributed by atoms with van der Waals surface area (Å²) in [5.74, 6) is 0.433. The minimum absolute atomic E-state index is 0.0866. The van der Waals surface area contributed by atoms with Gasteiger partial charge in [-0.05, 0) is 24.0 Å². The summed E-state index contributed by atoms with van der Waals surface area (Å²) in [5, 5.41) is 3.01. The molecule has 1 aromatic rings. The van der Waals surface area contributed by atoms with Crippen molar-refractivity contribution in [2.75, 3.05) is 18.5 Å². The smallest absolute Gasteiger partial charge is 0.242 e. The Morgan fingerprint density at radius 2 is 2.06 bits per heavy atom. The summed E-state index contributed by atoms with van der Waals surface area (Å²) in [5.41, 5.74) is 2.49. The number of likely N-dealkylation sites (N-methyl/N-ethyl adjacent to an activating group) is 1. The Labute approximate surface area is 103 Å². The zero-order valence-corrected chi connectivity index (χ0v) is 10.7. The Morgan fingerprint density at radius 3 is 2.76 bits per heavy atom. The van der Waals surface area contributed by atoms with E-state index in [1.54, 1.807) is 0 Å².